The van der Waals surface area contributed by atoms with Crippen LogP contribution in [0.1, 0.15) is 72.6 Å². The van der Waals surface area contributed by atoms with Gasteiger partial charge in [-0.3, -0.25) is 4.90 Å². The molecule has 116 valence electrons. The molecule has 1 spiro atoms. The topological polar surface area (TPSA) is 15.3 Å². The van der Waals surface area contributed by atoms with Crippen LogP contribution in [0.5, 0.6) is 0 Å². The fourth-order valence-corrected chi connectivity index (χ4v) is 4.38. The molecule has 0 bridgehead atoms. The van der Waals surface area contributed by atoms with E-state index in [2.05, 4.69) is 37.9 Å². The molecule has 3 aliphatic rings. The Bertz CT molecular complexity index is 347. The number of piperazine rings is 1. The lowest BCUT2D eigenvalue weighted by molar-refractivity contribution is -0.00369. The van der Waals surface area contributed by atoms with E-state index in [4.69, 9.17) is 0 Å². The number of nitrogens with one attached hydrogen (secondary N) is 1. The summed E-state index contributed by atoms with van der Waals surface area (Å²) in [7, 11) is 0. The van der Waals surface area contributed by atoms with Gasteiger partial charge in [-0.15, -0.1) is 0 Å². The van der Waals surface area contributed by atoms with Crippen molar-refractivity contribution in [2.24, 2.45) is 11.3 Å². The molecule has 0 aromatic carbocycles. The van der Waals surface area contributed by atoms with Gasteiger partial charge in [0, 0.05) is 24.2 Å². The van der Waals surface area contributed by atoms with Gasteiger partial charge in [0.1, 0.15) is 0 Å². The Kier molecular flexibility index (Phi) is 3.70. The molecule has 0 aromatic heterocycles. The molecule has 2 saturated carbocycles. The summed E-state index contributed by atoms with van der Waals surface area (Å²) in [5, 5.41) is 3.99. The van der Waals surface area contributed by atoms with Gasteiger partial charge >= 0.3 is 0 Å². The summed E-state index contributed by atoms with van der Waals surface area (Å²) in [6.45, 7) is 13.5. The van der Waals surface area contributed by atoms with E-state index in [0.717, 1.165) is 5.92 Å². The van der Waals surface area contributed by atoms with Crippen molar-refractivity contribution < 1.29 is 0 Å². The lowest BCUT2D eigenvalue weighted by Gasteiger charge is -2.53. The third-order valence-electron chi connectivity index (χ3n) is 6.19. The Morgan fingerprint density at radius 1 is 1.15 bits per heavy atom. The first-order chi connectivity index (χ1) is 9.33. The predicted octanol–water partition coefficient (Wildman–Crippen LogP) is 3.81. The van der Waals surface area contributed by atoms with Crippen molar-refractivity contribution in [1.82, 2.24) is 10.2 Å². The molecule has 1 unspecified atom stereocenters. The summed E-state index contributed by atoms with van der Waals surface area (Å²) < 4.78 is 0. The summed E-state index contributed by atoms with van der Waals surface area (Å²) in [6.07, 6.45) is 9.90. The van der Waals surface area contributed by atoms with Gasteiger partial charge in [-0.25, -0.2) is 0 Å². The summed E-state index contributed by atoms with van der Waals surface area (Å²) in [5.41, 5.74) is 1.35. The van der Waals surface area contributed by atoms with Crippen LogP contribution in [0.25, 0.3) is 0 Å². The molecule has 0 radical (unpaired) electrons. The highest BCUT2D eigenvalue weighted by molar-refractivity contribution is 5.10. The highest BCUT2D eigenvalue weighted by Crippen LogP contribution is 2.47. The van der Waals surface area contributed by atoms with Gasteiger partial charge < -0.3 is 5.32 Å². The van der Waals surface area contributed by atoms with Crippen molar-refractivity contribution in [1.29, 1.82) is 0 Å². The molecule has 2 nitrogen and oxygen atoms in total. The van der Waals surface area contributed by atoms with Crippen LogP contribution in [0.2, 0.25) is 0 Å². The van der Waals surface area contributed by atoms with Gasteiger partial charge in [-0.1, -0.05) is 33.6 Å². The second-order valence-corrected chi connectivity index (χ2v) is 9.20. The molecule has 2 heteroatoms. The monoisotopic (exact) mass is 278 g/mol. The second-order valence-electron chi connectivity index (χ2n) is 9.20. The fraction of sp³-hybridized carbons (Fsp3) is 1.00. The molecule has 1 saturated heterocycles. The van der Waals surface area contributed by atoms with Gasteiger partial charge in [-0.05, 0) is 56.9 Å². The third kappa shape index (κ3) is 2.92. The maximum absolute atomic E-state index is 3.99. The predicted molar refractivity (Wildman–Crippen MR) is 86.0 cm³/mol. The van der Waals surface area contributed by atoms with Gasteiger partial charge in [-0.2, -0.15) is 0 Å². The first kappa shape index (κ1) is 14.8. The maximum Gasteiger partial charge on any atom is 0.0334 e. The Morgan fingerprint density at radius 3 is 2.35 bits per heavy atom. The van der Waals surface area contributed by atoms with Gasteiger partial charge in [0.2, 0.25) is 0 Å². The SMILES string of the molecule is CC(C)(C)CCN1CC2(CCCC2)NCC1(C)C1CC1. The van der Waals surface area contributed by atoms with Crippen molar-refractivity contribution in [2.45, 2.75) is 83.7 Å². The fourth-order valence-electron chi connectivity index (χ4n) is 4.38. The van der Waals surface area contributed by atoms with Crippen LogP contribution in [0.3, 0.4) is 0 Å². The van der Waals surface area contributed by atoms with Crippen LogP contribution in [0, 0.1) is 11.3 Å². The zero-order chi connectivity index (χ0) is 14.4. The summed E-state index contributed by atoms with van der Waals surface area (Å²) in [5.74, 6) is 0.953. The van der Waals surface area contributed by atoms with Crippen LogP contribution in [0.15, 0.2) is 0 Å². The number of nitrogens with zero attached hydrogens (tertiary/aromatic N) is 1. The van der Waals surface area contributed by atoms with Crippen LogP contribution in [0.4, 0.5) is 0 Å². The molecular weight excluding hydrogens is 244 g/mol. The molecular formula is C18H34N2. The standard InChI is InChI=1S/C18H34N2/c1-16(2,3)11-12-20-14-18(9-5-6-10-18)19-13-17(20,4)15-7-8-15/h15,19H,5-14H2,1-4H3. The molecule has 2 aliphatic carbocycles. The van der Waals surface area contributed by atoms with E-state index in [9.17, 15) is 0 Å². The Hall–Kier alpha value is -0.0800. The summed E-state index contributed by atoms with van der Waals surface area (Å²) in [4.78, 5) is 2.89. The minimum atomic E-state index is 0.430. The van der Waals surface area contributed by atoms with Crippen molar-refractivity contribution in [2.75, 3.05) is 19.6 Å². The lowest BCUT2D eigenvalue weighted by Crippen LogP contribution is -2.69. The first-order valence-electron chi connectivity index (χ1n) is 8.83. The Morgan fingerprint density at radius 2 is 1.80 bits per heavy atom. The minimum absolute atomic E-state index is 0.430. The Labute approximate surface area is 125 Å². The van der Waals surface area contributed by atoms with Gasteiger partial charge in [0.15, 0.2) is 0 Å². The Balaban J connectivity index is 1.72. The van der Waals surface area contributed by atoms with E-state index in [-0.39, 0.29) is 0 Å². The van der Waals surface area contributed by atoms with Crippen LogP contribution >= 0.6 is 0 Å². The first-order valence-corrected chi connectivity index (χ1v) is 8.83. The average molecular weight is 278 g/mol. The highest BCUT2D eigenvalue weighted by Gasteiger charge is 2.52. The minimum Gasteiger partial charge on any atom is -0.308 e. The van der Waals surface area contributed by atoms with Crippen molar-refractivity contribution in [3.05, 3.63) is 0 Å². The summed E-state index contributed by atoms with van der Waals surface area (Å²) >= 11 is 0. The molecule has 0 amide bonds. The zero-order valence-electron chi connectivity index (χ0n) is 14.1. The number of hydrogen-bond donors (Lipinski definition) is 1. The molecule has 20 heavy (non-hydrogen) atoms. The molecule has 3 rings (SSSR count). The van der Waals surface area contributed by atoms with E-state index < -0.39 is 0 Å². The van der Waals surface area contributed by atoms with Crippen molar-refractivity contribution in [3.63, 3.8) is 0 Å². The molecule has 3 fully saturated rings. The van der Waals surface area contributed by atoms with E-state index in [1.165, 1.54) is 64.6 Å². The van der Waals surface area contributed by atoms with Crippen LogP contribution < -0.4 is 5.32 Å². The van der Waals surface area contributed by atoms with Crippen molar-refractivity contribution >= 4 is 0 Å². The quantitative estimate of drug-likeness (QED) is 0.844. The lowest BCUT2D eigenvalue weighted by atomic mass is 9.82. The molecule has 1 atom stereocenters. The molecule has 1 N–H and O–H groups in total. The molecule has 1 aliphatic heterocycles. The van der Waals surface area contributed by atoms with E-state index in [1.807, 2.05) is 0 Å². The van der Waals surface area contributed by atoms with Crippen molar-refractivity contribution in [3.8, 4) is 0 Å². The van der Waals surface area contributed by atoms with Crippen LogP contribution in [-0.2, 0) is 0 Å². The largest absolute Gasteiger partial charge is 0.308 e. The zero-order valence-corrected chi connectivity index (χ0v) is 14.1. The smallest absolute Gasteiger partial charge is 0.0334 e. The number of hydrogen-bond acceptors (Lipinski definition) is 2. The second kappa shape index (κ2) is 4.98. The van der Waals surface area contributed by atoms with Crippen LogP contribution in [-0.4, -0.2) is 35.6 Å². The molecule has 1 heterocycles. The van der Waals surface area contributed by atoms with E-state index >= 15 is 0 Å². The normalized spacial score (nSPS) is 34.8. The highest BCUT2D eigenvalue weighted by atomic mass is 15.3. The van der Waals surface area contributed by atoms with E-state index in [0.29, 0.717) is 16.5 Å². The maximum atomic E-state index is 3.99. The van der Waals surface area contributed by atoms with Gasteiger partial charge in [0.25, 0.3) is 0 Å². The summed E-state index contributed by atoms with van der Waals surface area (Å²) in [6, 6.07) is 0. The average Bonchev–Trinajstić information content (AvgIpc) is 3.13. The van der Waals surface area contributed by atoms with E-state index in [1.54, 1.807) is 0 Å². The third-order valence-corrected chi connectivity index (χ3v) is 6.19. The van der Waals surface area contributed by atoms with Gasteiger partial charge in [0.05, 0.1) is 0 Å². The molecule has 0 aromatic rings. The number of rotatable bonds is 3.